The molecular formula is C6H18N4OS4. The zero-order valence-corrected chi connectivity index (χ0v) is 12.2. The van der Waals surface area contributed by atoms with Gasteiger partial charge in [0.25, 0.3) is 0 Å². The normalized spacial score (nSPS) is 10.7. The van der Waals surface area contributed by atoms with E-state index in [4.69, 9.17) is 0 Å². The van der Waals surface area contributed by atoms with Crippen LogP contribution in [0.15, 0.2) is 0 Å². The molecule has 1 amide bonds. The third-order valence-corrected chi connectivity index (χ3v) is 2.15. The molecule has 4 N–H and O–H groups in total. The number of hydrogen-bond donors (Lipinski definition) is 7. The number of thiol groups is 4. The van der Waals surface area contributed by atoms with Crippen molar-refractivity contribution in [3.63, 3.8) is 0 Å². The van der Waals surface area contributed by atoms with Gasteiger partial charge in [0.15, 0.2) is 0 Å². The van der Waals surface area contributed by atoms with Gasteiger partial charge in [0.1, 0.15) is 0 Å². The molecule has 0 bridgehead atoms. The molecule has 0 saturated heterocycles. The summed E-state index contributed by atoms with van der Waals surface area (Å²) in [5.41, 5.74) is 5.17. The van der Waals surface area contributed by atoms with Gasteiger partial charge < -0.3 is 0 Å². The Morgan fingerprint density at radius 1 is 1.47 bits per heavy atom. The van der Waals surface area contributed by atoms with Crippen molar-refractivity contribution in [1.29, 1.82) is 0 Å². The minimum absolute atomic E-state index is 0.112. The van der Waals surface area contributed by atoms with Crippen LogP contribution in [0.2, 0.25) is 0 Å². The van der Waals surface area contributed by atoms with Crippen LogP contribution in [0.4, 0.5) is 0 Å². The fourth-order valence-electron chi connectivity index (χ4n) is 0.435. The summed E-state index contributed by atoms with van der Waals surface area (Å²) < 4.78 is 0.530. The fraction of sp³-hybridized carbons (Fsp3) is 0.833. The summed E-state index contributed by atoms with van der Waals surface area (Å²) in [5, 5.41) is 0. The van der Waals surface area contributed by atoms with Crippen LogP contribution in [0.5, 0.6) is 0 Å². The van der Waals surface area contributed by atoms with Gasteiger partial charge in [0.2, 0.25) is 5.91 Å². The van der Waals surface area contributed by atoms with Gasteiger partial charge in [-0.05, 0) is 6.42 Å². The van der Waals surface area contributed by atoms with E-state index in [0.29, 0.717) is 6.54 Å². The molecule has 92 valence electrons. The first-order valence-corrected chi connectivity index (χ1v) is 5.77. The lowest BCUT2D eigenvalue weighted by Crippen LogP contribution is -2.42. The second-order valence-corrected chi connectivity index (χ2v) is 5.93. The summed E-state index contributed by atoms with van der Waals surface area (Å²) in [6.07, 6.45) is 0.825. The number of carbonyl (C=O) groups excluding carboxylic acids is 1. The summed E-state index contributed by atoms with van der Waals surface area (Å²) in [6, 6.07) is 0. The Balaban J connectivity index is 0. The molecular weight excluding hydrogens is 272 g/mol. The van der Waals surface area contributed by atoms with Crippen molar-refractivity contribution in [2.45, 2.75) is 24.3 Å². The van der Waals surface area contributed by atoms with E-state index in [2.05, 4.69) is 67.6 Å². The summed E-state index contributed by atoms with van der Waals surface area (Å²) >= 11 is 15.4. The minimum Gasteiger partial charge on any atom is -0.292 e. The second kappa shape index (κ2) is 9.94. The van der Waals surface area contributed by atoms with Crippen LogP contribution in [-0.2, 0) is 4.79 Å². The molecule has 0 fully saturated rings. The molecule has 0 aromatic carbocycles. The van der Waals surface area contributed by atoms with Gasteiger partial charge in [-0.25, -0.2) is 11.3 Å². The highest BCUT2D eigenvalue weighted by Crippen LogP contribution is 2.21. The minimum atomic E-state index is -0.359. The predicted octanol–water partition coefficient (Wildman–Crippen LogP) is 0.445. The molecule has 0 aromatic rings. The van der Waals surface area contributed by atoms with Crippen molar-refractivity contribution in [3.05, 3.63) is 0 Å². The van der Waals surface area contributed by atoms with Crippen molar-refractivity contribution in [2.75, 3.05) is 6.54 Å². The number of amides is 1. The second-order valence-electron chi connectivity index (χ2n) is 2.69. The maximum Gasteiger partial charge on any atom is 0.230 e. The van der Waals surface area contributed by atoms with Crippen molar-refractivity contribution < 1.29 is 4.79 Å². The van der Waals surface area contributed by atoms with E-state index in [-0.39, 0.29) is 9.99 Å². The van der Waals surface area contributed by atoms with E-state index < -0.39 is 0 Å². The van der Waals surface area contributed by atoms with Crippen molar-refractivity contribution in [3.8, 4) is 0 Å². The average molecular weight is 291 g/mol. The van der Waals surface area contributed by atoms with Crippen molar-refractivity contribution in [2.24, 2.45) is 5.84 Å². The standard InChI is InChI=1S/C6H14N2OS2.H4N2S2/c1-3-6(10,11)4-7-8-5(2)9;1-2(3)4/h7,10-11H,3-4H2,1-2H3,(H,8,9);3-4H,1H2. The maximum absolute atomic E-state index is 10.4. The van der Waals surface area contributed by atoms with Crippen LogP contribution < -0.4 is 16.7 Å². The van der Waals surface area contributed by atoms with Crippen LogP contribution in [0.1, 0.15) is 20.3 Å². The number of hydrogen-bond acceptors (Lipinski definition) is 8. The van der Waals surface area contributed by atoms with Gasteiger partial charge in [-0.15, -0.1) is 3.82 Å². The molecule has 0 unspecified atom stereocenters. The average Bonchev–Trinajstić information content (AvgIpc) is 2.02. The first-order valence-electron chi connectivity index (χ1n) is 4.08. The smallest absolute Gasteiger partial charge is 0.230 e. The molecule has 0 aliphatic carbocycles. The molecule has 9 heteroatoms. The Kier molecular flexibility index (Phi) is 12.0. The number of nitrogens with zero attached hydrogens (tertiary/aromatic N) is 1. The zero-order valence-electron chi connectivity index (χ0n) is 8.64. The molecule has 0 atom stereocenters. The number of rotatable bonds is 4. The van der Waals surface area contributed by atoms with Crippen LogP contribution in [0, 0.1) is 0 Å². The Morgan fingerprint density at radius 3 is 2.13 bits per heavy atom. The van der Waals surface area contributed by atoms with Crippen LogP contribution >= 0.6 is 50.9 Å². The SMILES string of the molecule is CCC(S)(S)CNNC(C)=O.NN(S)S. The predicted molar refractivity (Wildman–Crippen MR) is 76.8 cm³/mol. The molecule has 0 aromatic heterocycles. The third kappa shape index (κ3) is 20.7. The van der Waals surface area contributed by atoms with Crippen LogP contribution in [0.25, 0.3) is 0 Å². The zero-order chi connectivity index (χ0) is 12.5. The quantitative estimate of drug-likeness (QED) is 0.178. The molecule has 0 aliphatic rings. The van der Waals surface area contributed by atoms with Gasteiger partial charge in [-0.1, -0.05) is 32.6 Å². The molecule has 0 spiro atoms. The Hall–Kier alpha value is 0.750. The molecule has 0 aliphatic heterocycles. The summed E-state index contributed by atoms with van der Waals surface area (Å²) in [5.74, 6) is 4.56. The van der Waals surface area contributed by atoms with Crippen LogP contribution in [0.3, 0.4) is 0 Å². The van der Waals surface area contributed by atoms with Gasteiger partial charge in [-0.2, -0.15) is 25.3 Å². The number of carbonyl (C=O) groups is 1. The van der Waals surface area contributed by atoms with Gasteiger partial charge in [0, 0.05) is 13.5 Å². The van der Waals surface area contributed by atoms with E-state index in [1.165, 1.54) is 6.92 Å². The molecule has 0 saturated carbocycles. The highest BCUT2D eigenvalue weighted by Gasteiger charge is 2.16. The van der Waals surface area contributed by atoms with Crippen molar-refractivity contribution >= 4 is 56.8 Å². The Morgan fingerprint density at radius 2 is 1.87 bits per heavy atom. The third-order valence-electron chi connectivity index (χ3n) is 1.20. The largest absolute Gasteiger partial charge is 0.292 e. The molecule has 0 rings (SSSR count). The first-order chi connectivity index (χ1) is 6.71. The molecule has 5 nitrogen and oxygen atoms in total. The lowest BCUT2D eigenvalue weighted by Gasteiger charge is -2.20. The monoisotopic (exact) mass is 290 g/mol. The maximum atomic E-state index is 10.4. The summed E-state index contributed by atoms with van der Waals surface area (Å²) in [7, 11) is 0. The van der Waals surface area contributed by atoms with E-state index >= 15 is 0 Å². The summed E-state index contributed by atoms with van der Waals surface area (Å²) in [4.78, 5) is 10.4. The first kappa shape index (κ1) is 18.1. The number of nitrogens with one attached hydrogen (secondary N) is 2. The van der Waals surface area contributed by atoms with Crippen LogP contribution in [-0.4, -0.2) is 20.4 Å². The van der Waals surface area contributed by atoms with Gasteiger partial charge in [0.05, 0.1) is 4.08 Å². The van der Waals surface area contributed by atoms with E-state index in [0.717, 1.165) is 10.2 Å². The number of hydrazine groups is 2. The molecule has 0 radical (unpaired) electrons. The van der Waals surface area contributed by atoms with Gasteiger partial charge in [-0.3, -0.25) is 10.2 Å². The Bertz CT molecular complexity index is 176. The lowest BCUT2D eigenvalue weighted by molar-refractivity contribution is -0.119. The lowest BCUT2D eigenvalue weighted by atomic mass is 10.3. The highest BCUT2D eigenvalue weighted by atomic mass is 32.2. The van der Waals surface area contributed by atoms with Crippen molar-refractivity contribution in [1.82, 2.24) is 14.7 Å². The Labute approximate surface area is 113 Å². The molecule has 15 heavy (non-hydrogen) atoms. The topological polar surface area (TPSA) is 70.4 Å². The number of nitrogens with two attached hydrogens (primary N) is 1. The fourth-order valence-corrected chi connectivity index (χ4v) is 0.593. The summed E-state index contributed by atoms with van der Waals surface area (Å²) in [6.45, 7) is 3.96. The van der Waals surface area contributed by atoms with E-state index in [9.17, 15) is 4.79 Å². The molecule has 0 heterocycles. The van der Waals surface area contributed by atoms with E-state index in [1.54, 1.807) is 0 Å². The highest BCUT2D eigenvalue weighted by molar-refractivity contribution is 8.00. The van der Waals surface area contributed by atoms with Gasteiger partial charge >= 0.3 is 0 Å². The van der Waals surface area contributed by atoms with E-state index in [1.807, 2.05) is 6.92 Å².